The van der Waals surface area contributed by atoms with Gasteiger partial charge < -0.3 is 15.4 Å². The third-order valence-corrected chi connectivity index (χ3v) is 7.55. The predicted molar refractivity (Wildman–Crippen MR) is 137 cm³/mol. The monoisotopic (exact) mass is 478 g/mol. The number of anilines is 1. The Morgan fingerprint density at radius 2 is 1.94 bits per heavy atom. The van der Waals surface area contributed by atoms with Crippen LogP contribution in [0.3, 0.4) is 0 Å². The minimum Gasteiger partial charge on any atom is -0.491 e. The van der Waals surface area contributed by atoms with E-state index >= 15 is 0 Å². The van der Waals surface area contributed by atoms with Gasteiger partial charge in [0.05, 0.1) is 16.3 Å². The number of fused-ring (bicyclic) bond motifs is 1. The van der Waals surface area contributed by atoms with Crippen molar-refractivity contribution >= 4 is 27.3 Å². The predicted octanol–water partition coefficient (Wildman–Crippen LogP) is 3.66. The van der Waals surface area contributed by atoms with Gasteiger partial charge in [-0.25, -0.2) is 13.9 Å². The third-order valence-electron chi connectivity index (χ3n) is 5.68. The zero-order valence-electron chi connectivity index (χ0n) is 19.7. The summed E-state index contributed by atoms with van der Waals surface area (Å²) in [5, 5.41) is 0. The molecular weight excluding hydrogens is 448 g/mol. The Bertz CT molecular complexity index is 1320. The average Bonchev–Trinajstić information content (AvgIpc) is 3.00. The number of pyridine rings is 1. The van der Waals surface area contributed by atoms with Gasteiger partial charge in [-0.05, 0) is 80.2 Å². The van der Waals surface area contributed by atoms with Gasteiger partial charge in [-0.15, -0.1) is 0 Å². The smallest absolute Gasteiger partial charge is 0.254 e. The van der Waals surface area contributed by atoms with Crippen molar-refractivity contribution in [3.8, 4) is 16.9 Å². The maximum absolute atomic E-state index is 13.5. The van der Waals surface area contributed by atoms with Gasteiger partial charge in [0.1, 0.15) is 18.2 Å². The number of nitrogen functional groups attached to an aromatic ring is 1. The molecule has 1 aliphatic rings. The molecule has 3 aromatic rings. The fourth-order valence-electron chi connectivity index (χ4n) is 4.02. The minimum absolute atomic E-state index is 0.0256. The number of nitrogens with zero attached hydrogens (tertiary/aromatic N) is 2. The summed E-state index contributed by atoms with van der Waals surface area (Å²) in [6, 6.07) is 14.9. The van der Waals surface area contributed by atoms with Crippen LogP contribution in [0.1, 0.15) is 35.3 Å². The molecule has 0 bridgehead atoms. The van der Waals surface area contributed by atoms with Crippen molar-refractivity contribution in [1.82, 2.24) is 14.6 Å². The van der Waals surface area contributed by atoms with Crippen molar-refractivity contribution in [3.63, 3.8) is 0 Å². The molecule has 7 nitrogen and oxygen atoms in total. The first-order valence-electron chi connectivity index (χ1n) is 11.2. The molecule has 0 saturated heterocycles. The van der Waals surface area contributed by atoms with Crippen LogP contribution in [0.4, 0.5) is 5.82 Å². The number of carbonyl (C=O) groups excluding carboxylic acids is 1. The third kappa shape index (κ3) is 5.08. The molecule has 0 radical (unpaired) electrons. The first-order valence-corrected chi connectivity index (χ1v) is 12.9. The Labute approximate surface area is 201 Å². The lowest BCUT2D eigenvalue weighted by molar-refractivity contribution is 0.0732. The molecule has 0 saturated carbocycles. The van der Waals surface area contributed by atoms with Gasteiger partial charge >= 0.3 is 0 Å². The fraction of sp³-hybridized carbons (Fsp3) is 0.269. The highest BCUT2D eigenvalue weighted by atomic mass is 32.2. The summed E-state index contributed by atoms with van der Waals surface area (Å²) in [7, 11) is -2.64. The largest absolute Gasteiger partial charge is 0.491 e. The van der Waals surface area contributed by atoms with Crippen molar-refractivity contribution in [2.75, 3.05) is 18.9 Å². The lowest BCUT2D eigenvalue weighted by Crippen LogP contribution is -2.33. The second kappa shape index (κ2) is 9.48. The molecule has 1 amide bonds. The van der Waals surface area contributed by atoms with Crippen LogP contribution in [0.2, 0.25) is 0 Å². The Balaban J connectivity index is 1.59. The van der Waals surface area contributed by atoms with Crippen LogP contribution >= 0.6 is 0 Å². The summed E-state index contributed by atoms with van der Waals surface area (Å²) < 4.78 is 21.9. The van der Waals surface area contributed by atoms with Gasteiger partial charge in [0, 0.05) is 40.4 Å². The standard InChI is InChI=1S/C26H30N4O3S/c1-17(2)29-34(4,32)22-7-8-23(18(3)13-22)26(31)30-11-12-33-24-9-5-19(14-21(24)16-30)20-6-10-25(27)28-15-20/h5-10,13-15,17H,4,11-12,16H2,1-3H3,(H2,27,28)(H,29,32). The lowest BCUT2D eigenvalue weighted by Gasteiger charge is -2.22. The van der Waals surface area contributed by atoms with Gasteiger partial charge in [-0.1, -0.05) is 6.07 Å². The Hall–Kier alpha value is -3.36. The van der Waals surface area contributed by atoms with Crippen molar-refractivity contribution in [1.29, 1.82) is 0 Å². The summed E-state index contributed by atoms with van der Waals surface area (Å²) in [5.74, 6) is 5.00. The summed E-state index contributed by atoms with van der Waals surface area (Å²) in [6.07, 6.45) is 1.73. The second-order valence-electron chi connectivity index (χ2n) is 8.79. The molecule has 0 spiro atoms. The maximum atomic E-state index is 13.5. The van der Waals surface area contributed by atoms with Crippen molar-refractivity contribution in [2.45, 2.75) is 38.3 Å². The SMILES string of the molecule is C=S(=O)(NC(C)C)c1ccc(C(=O)N2CCOc3ccc(-c4ccc(N)nc4)cc3C2)c(C)c1. The van der Waals surface area contributed by atoms with Gasteiger partial charge in [0.25, 0.3) is 5.91 Å². The molecule has 1 aromatic heterocycles. The van der Waals surface area contributed by atoms with E-state index in [1.807, 2.05) is 45.0 Å². The highest BCUT2D eigenvalue weighted by Crippen LogP contribution is 2.30. The number of benzene rings is 2. The molecule has 34 heavy (non-hydrogen) atoms. The highest BCUT2D eigenvalue weighted by molar-refractivity contribution is 7.98. The maximum Gasteiger partial charge on any atom is 0.254 e. The van der Waals surface area contributed by atoms with Crippen molar-refractivity contribution in [3.05, 3.63) is 71.4 Å². The number of nitrogens with two attached hydrogens (primary N) is 1. The first-order chi connectivity index (χ1) is 16.1. The van der Waals surface area contributed by atoms with E-state index in [-0.39, 0.29) is 11.9 Å². The van der Waals surface area contributed by atoms with E-state index in [1.165, 1.54) is 0 Å². The number of carbonyl (C=O) groups is 1. The quantitative estimate of drug-likeness (QED) is 0.546. The summed E-state index contributed by atoms with van der Waals surface area (Å²) in [6.45, 7) is 6.99. The number of hydrogen-bond acceptors (Lipinski definition) is 5. The van der Waals surface area contributed by atoms with Crippen molar-refractivity contribution < 1.29 is 13.7 Å². The lowest BCUT2D eigenvalue weighted by atomic mass is 10.0. The zero-order chi connectivity index (χ0) is 24.5. The Morgan fingerprint density at radius 1 is 1.18 bits per heavy atom. The molecule has 4 rings (SSSR count). The van der Waals surface area contributed by atoms with E-state index in [4.69, 9.17) is 10.5 Å². The van der Waals surface area contributed by atoms with E-state index < -0.39 is 9.71 Å². The van der Waals surface area contributed by atoms with Crippen LogP contribution in [-0.2, 0) is 16.3 Å². The molecule has 1 aliphatic heterocycles. The molecule has 1 atom stereocenters. The molecule has 0 aliphatic carbocycles. The minimum atomic E-state index is -2.64. The van der Waals surface area contributed by atoms with Gasteiger partial charge in [0.15, 0.2) is 0 Å². The molecule has 8 heteroatoms. The Morgan fingerprint density at radius 3 is 2.62 bits per heavy atom. The van der Waals surface area contributed by atoms with Crippen LogP contribution in [0, 0.1) is 6.92 Å². The second-order valence-corrected chi connectivity index (χ2v) is 10.9. The number of nitrogens with one attached hydrogen (secondary N) is 1. The molecule has 0 fully saturated rings. The van der Waals surface area contributed by atoms with E-state index in [9.17, 15) is 9.00 Å². The number of hydrogen-bond donors (Lipinski definition) is 2. The topological polar surface area (TPSA) is 97.5 Å². The summed E-state index contributed by atoms with van der Waals surface area (Å²) in [5.41, 5.74) is 9.89. The van der Waals surface area contributed by atoms with Crippen LogP contribution in [0.5, 0.6) is 5.75 Å². The highest BCUT2D eigenvalue weighted by Gasteiger charge is 2.23. The van der Waals surface area contributed by atoms with E-state index in [0.29, 0.717) is 36.0 Å². The molecule has 2 heterocycles. The normalized spacial score (nSPS) is 15.2. The van der Waals surface area contributed by atoms with Gasteiger partial charge in [-0.3, -0.25) is 4.79 Å². The zero-order valence-corrected chi connectivity index (χ0v) is 20.5. The molecule has 1 unspecified atom stereocenters. The Kier molecular flexibility index (Phi) is 6.63. The summed E-state index contributed by atoms with van der Waals surface area (Å²) >= 11 is 0. The molecule has 3 N–H and O–H groups in total. The molecule has 178 valence electrons. The van der Waals surface area contributed by atoms with Crippen LogP contribution in [-0.4, -0.2) is 45.1 Å². The van der Waals surface area contributed by atoms with Gasteiger partial charge in [-0.2, -0.15) is 0 Å². The number of amides is 1. The van der Waals surface area contributed by atoms with Crippen molar-refractivity contribution in [2.24, 2.45) is 0 Å². The molecular formula is C26H30N4O3S. The van der Waals surface area contributed by atoms with E-state index in [2.05, 4.69) is 15.6 Å². The number of aromatic nitrogens is 1. The fourth-order valence-corrected chi connectivity index (χ4v) is 5.58. The average molecular weight is 479 g/mol. The number of rotatable bonds is 5. The first kappa shape index (κ1) is 23.8. The van der Waals surface area contributed by atoms with Crippen LogP contribution in [0.25, 0.3) is 11.1 Å². The van der Waals surface area contributed by atoms with E-state index in [0.717, 1.165) is 28.0 Å². The van der Waals surface area contributed by atoms with Gasteiger partial charge in [0.2, 0.25) is 0 Å². The van der Waals surface area contributed by atoms with E-state index in [1.54, 1.807) is 35.4 Å². The number of ether oxygens (including phenoxy) is 1. The molecule has 2 aromatic carbocycles. The number of aryl methyl sites for hydroxylation is 1. The van der Waals surface area contributed by atoms with Crippen LogP contribution in [0.15, 0.2) is 59.6 Å². The summed E-state index contributed by atoms with van der Waals surface area (Å²) in [4.78, 5) is 20.0. The van der Waals surface area contributed by atoms with Crippen LogP contribution < -0.4 is 15.2 Å².